The molecule has 2 aromatic carbocycles. The fourth-order valence-electron chi connectivity index (χ4n) is 4.78. The first-order valence-electron chi connectivity index (χ1n) is 11.6. The maximum atomic E-state index is 13.2. The third-order valence-electron chi connectivity index (χ3n) is 6.66. The van der Waals surface area contributed by atoms with Gasteiger partial charge in [-0.1, -0.05) is 17.7 Å². The Bertz CT molecular complexity index is 1160. The van der Waals surface area contributed by atoms with Gasteiger partial charge >= 0.3 is 0 Å². The van der Waals surface area contributed by atoms with Crippen molar-refractivity contribution in [1.29, 1.82) is 0 Å². The molecule has 3 amide bonds. The summed E-state index contributed by atoms with van der Waals surface area (Å²) in [6, 6.07) is 9.61. The molecule has 0 radical (unpaired) electrons. The monoisotopic (exact) mass is 464 g/mol. The number of fused-ring (bicyclic) bond motifs is 1. The van der Waals surface area contributed by atoms with Gasteiger partial charge in [-0.3, -0.25) is 24.5 Å². The molecule has 4 rings (SSSR count). The SMILES string of the molecule is CCN(CC)C(=O)[C@@H]1CCCN(c2cc3c(cc2[N+](=O)[O-])C(=O)N(c2ccc(C)cc2)C3=O)C1. The van der Waals surface area contributed by atoms with Crippen LogP contribution in [0.15, 0.2) is 36.4 Å². The van der Waals surface area contributed by atoms with Crippen LogP contribution >= 0.6 is 0 Å². The first-order valence-corrected chi connectivity index (χ1v) is 11.6. The summed E-state index contributed by atoms with van der Waals surface area (Å²) in [6.07, 6.45) is 1.41. The minimum Gasteiger partial charge on any atom is -0.365 e. The first-order chi connectivity index (χ1) is 16.3. The zero-order valence-electron chi connectivity index (χ0n) is 19.6. The highest BCUT2D eigenvalue weighted by atomic mass is 16.6. The van der Waals surface area contributed by atoms with Crippen LogP contribution in [0.25, 0.3) is 0 Å². The number of hydrogen-bond donors (Lipinski definition) is 0. The molecule has 0 aromatic heterocycles. The summed E-state index contributed by atoms with van der Waals surface area (Å²) >= 11 is 0. The fraction of sp³-hybridized carbons (Fsp3) is 0.400. The van der Waals surface area contributed by atoms with Gasteiger partial charge in [0.25, 0.3) is 17.5 Å². The molecule has 2 aromatic rings. The highest BCUT2D eigenvalue weighted by Gasteiger charge is 2.40. The predicted molar refractivity (Wildman–Crippen MR) is 128 cm³/mol. The van der Waals surface area contributed by atoms with Crippen LogP contribution < -0.4 is 9.80 Å². The van der Waals surface area contributed by atoms with Crippen molar-refractivity contribution in [3.05, 3.63) is 63.2 Å². The second-order valence-corrected chi connectivity index (χ2v) is 8.72. The van der Waals surface area contributed by atoms with Crippen molar-refractivity contribution in [2.24, 2.45) is 5.92 Å². The van der Waals surface area contributed by atoms with E-state index in [1.54, 1.807) is 34.1 Å². The number of nitro groups is 1. The van der Waals surface area contributed by atoms with Crippen molar-refractivity contribution < 1.29 is 19.3 Å². The van der Waals surface area contributed by atoms with Crippen molar-refractivity contribution in [3.63, 3.8) is 0 Å². The second kappa shape index (κ2) is 9.24. The number of amides is 3. The van der Waals surface area contributed by atoms with Crippen LogP contribution in [0.5, 0.6) is 0 Å². The molecule has 34 heavy (non-hydrogen) atoms. The molecule has 1 fully saturated rings. The van der Waals surface area contributed by atoms with E-state index in [4.69, 9.17) is 0 Å². The van der Waals surface area contributed by atoms with E-state index in [1.165, 1.54) is 12.1 Å². The second-order valence-electron chi connectivity index (χ2n) is 8.72. The lowest BCUT2D eigenvalue weighted by Gasteiger charge is -2.35. The zero-order chi connectivity index (χ0) is 24.6. The number of carbonyl (C=O) groups excluding carboxylic acids is 3. The number of aryl methyl sites for hydroxylation is 1. The van der Waals surface area contributed by atoms with Crippen LogP contribution in [0.3, 0.4) is 0 Å². The normalized spacial score (nSPS) is 17.7. The Morgan fingerprint density at radius 1 is 1.09 bits per heavy atom. The van der Waals surface area contributed by atoms with Gasteiger partial charge in [0.15, 0.2) is 0 Å². The van der Waals surface area contributed by atoms with E-state index in [0.717, 1.165) is 10.5 Å². The molecule has 1 saturated heterocycles. The third kappa shape index (κ3) is 4.02. The number of carbonyl (C=O) groups is 3. The molecule has 1 atom stereocenters. The molecule has 9 heteroatoms. The summed E-state index contributed by atoms with van der Waals surface area (Å²) in [6.45, 7) is 7.83. The molecule has 2 heterocycles. The number of nitrogens with zero attached hydrogens (tertiary/aromatic N) is 4. The van der Waals surface area contributed by atoms with Gasteiger partial charge in [0.2, 0.25) is 5.91 Å². The van der Waals surface area contributed by atoms with E-state index in [2.05, 4.69) is 0 Å². The predicted octanol–water partition coefficient (Wildman–Crippen LogP) is 3.79. The van der Waals surface area contributed by atoms with E-state index < -0.39 is 16.7 Å². The Kier molecular flexibility index (Phi) is 6.37. The molecular formula is C25H28N4O5. The van der Waals surface area contributed by atoms with Gasteiger partial charge in [-0.05, 0) is 51.8 Å². The van der Waals surface area contributed by atoms with E-state index in [0.29, 0.717) is 44.7 Å². The lowest BCUT2D eigenvalue weighted by molar-refractivity contribution is -0.384. The van der Waals surface area contributed by atoms with E-state index >= 15 is 0 Å². The molecule has 9 nitrogen and oxygen atoms in total. The van der Waals surface area contributed by atoms with Gasteiger partial charge in [-0.25, -0.2) is 4.90 Å². The molecule has 0 N–H and O–H groups in total. The van der Waals surface area contributed by atoms with Gasteiger partial charge in [-0.15, -0.1) is 0 Å². The van der Waals surface area contributed by atoms with Crippen molar-refractivity contribution >= 4 is 34.8 Å². The van der Waals surface area contributed by atoms with Crippen LogP contribution in [0.1, 0.15) is 53.0 Å². The summed E-state index contributed by atoms with van der Waals surface area (Å²) in [5, 5.41) is 12.0. The maximum Gasteiger partial charge on any atom is 0.293 e. The van der Waals surface area contributed by atoms with Crippen LogP contribution in [0, 0.1) is 23.0 Å². The van der Waals surface area contributed by atoms with Crippen molar-refractivity contribution in [1.82, 2.24) is 4.90 Å². The Hall–Kier alpha value is -3.75. The summed E-state index contributed by atoms with van der Waals surface area (Å²) in [5.41, 5.74) is 1.60. The fourth-order valence-corrected chi connectivity index (χ4v) is 4.78. The van der Waals surface area contributed by atoms with E-state index in [-0.39, 0.29) is 34.3 Å². The molecule has 0 bridgehead atoms. The van der Waals surface area contributed by atoms with E-state index in [9.17, 15) is 24.5 Å². The standard InChI is InChI=1S/C25H28N4O5/c1-4-26(5-2)23(30)17-7-6-12-27(15-17)21-13-19-20(14-22(21)29(33)34)25(32)28(24(19)31)18-10-8-16(3)9-11-18/h8-11,13-14,17H,4-7,12,15H2,1-3H3/t17-/m1/s1. The Labute approximate surface area is 198 Å². The summed E-state index contributed by atoms with van der Waals surface area (Å²) in [5.74, 6) is -1.32. The highest BCUT2D eigenvalue weighted by Crippen LogP contribution is 2.38. The van der Waals surface area contributed by atoms with Gasteiger partial charge in [-0.2, -0.15) is 0 Å². The number of piperidine rings is 1. The molecule has 2 aliphatic rings. The maximum absolute atomic E-state index is 13.2. The van der Waals surface area contributed by atoms with Crippen LogP contribution in [-0.4, -0.2) is 53.7 Å². The molecule has 0 unspecified atom stereocenters. The molecule has 0 saturated carbocycles. The highest BCUT2D eigenvalue weighted by molar-refractivity contribution is 6.35. The quantitative estimate of drug-likeness (QED) is 0.366. The molecule has 0 aliphatic carbocycles. The van der Waals surface area contributed by atoms with Crippen LogP contribution in [0.2, 0.25) is 0 Å². The molecule has 2 aliphatic heterocycles. The van der Waals surface area contributed by atoms with Gasteiger partial charge in [0.1, 0.15) is 5.69 Å². The third-order valence-corrected chi connectivity index (χ3v) is 6.66. The van der Waals surface area contributed by atoms with Crippen LogP contribution in [-0.2, 0) is 4.79 Å². The largest absolute Gasteiger partial charge is 0.365 e. The minimum atomic E-state index is -0.577. The number of nitro benzene ring substituents is 1. The number of rotatable bonds is 6. The number of imide groups is 1. The number of benzene rings is 2. The topological polar surface area (TPSA) is 104 Å². The number of anilines is 2. The van der Waals surface area contributed by atoms with Gasteiger partial charge in [0, 0.05) is 32.2 Å². The average Bonchev–Trinajstić information content (AvgIpc) is 3.09. The smallest absolute Gasteiger partial charge is 0.293 e. The van der Waals surface area contributed by atoms with Crippen molar-refractivity contribution in [2.75, 3.05) is 36.0 Å². The molecule has 0 spiro atoms. The molecule has 178 valence electrons. The van der Waals surface area contributed by atoms with E-state index in [1.807, 2.05) is 20.8 Å². The van der Waals surface area contributed by atoms with Gasteiger partial charge in [0.05, 0.1) is 27.7 Å². The average molecular weight is 465 g/mol. The first kappa shape index (κ1) is 23.4. The lowest BCUT2D eigenvalue weighted by atomic mass is 9.95. The Morgan fingerprint density at radius 2 is 1.71 bits per heavy atom. The lowest BCUT2D eigenvalue weighted by Crippen LogP contribution is -2.45. The summed E-state index contributed by atoms with van der Waals surface area (Å²) in [7, 11) is 0. The summed E-state index contributed by atoms with van der Waals surface area (Å²) in [4.78, 5) is 55.2. The number of hydrogen-bond acceptors (Lipinski definition) is 6. The zero-order valence-corrected chi connectivity index (χ0v) is 19.6. The van der Waals surface area contributed by atoms with Crippen molar-refractivity contribution in [3.8, 4) is 0 Å². The minimum absolute atomic E-state index is 0.0220. The summed E-state index contributed by atoms with van der Waals surface area (Å²) < 4.78 is 0. The van der Waals surface area contributed by atoms with Crippen LogP contribution in [0.4, 0.5) is 17.1 Å². The van der Waals surface area contributed by atoms with Gasteiger partial charge < -0.3 is 9.80 Å². The molecular weight excluding hydrogens is 436 g/mol. The Balaban J connectivity index is 1.70. The Morgan fingerprint density at radius 3 is 2.29 bits per heavy atom. The van der Waals surface area contributed by atoms with Crippen molar-refractivity contribution in [2.45, 2.75) is 33.6 Å².